The average Bonchev–Trinajstić information content (AvgIpc) is 2.09. The Morgan fingerprint density at radius 1 is 1.47 bits per heavy atom. The van der Waals surface area contributed by atoms with Crippen molar-refractivity contribution in [3.63, 3.8) is 0 Å². The van der Waals surface area contributed by atoms with Crippen molar-refractivity contribution >= 4 is 50.3 Å². The number of anilines is 1. The Kier molecular flexibility index (Phi) is 4.65. The van der Waals surface area contributed by atoms with Gasteiger partial charge in [0, 0.05) is 4.47 Å². The van der Waals surface area contributed by atoms with E-state index >= 15 is 0 Å². The smallest absolute Gasteiger partial charge is 0.409 e. The van der Waals surface area contributed by atoms with E-state index in [1.165, 1.54) is 0 Å². The molecule has 17 heavy (non-hydrogen) atoms. The fourth-order valence-electron chi connectivity index (χ4n) is 1.17. The van der Waals surface area contributed by atoms with Gasteiger partial charge in [-0.2, -0.15) is 0 Å². The zero-order valence-electron chi connectivity index (χ0n) is 9.67. The van der Waals surface area contributed by atoms with Crippen molar-refractivity contribution < 1.29 is 14.6 Å². The summed E-state index contributed by atoms with van der Waals surface area (Å²) in [5.41, 5.74) is 0.174. The second-order valence-corrected chi connectivity index (χ2v) is 6.40. The van der Waals surface area contributed by atoms with Gasteiger partial charge in [0.25, 0.3) is 0 Å². The van der Waals surface area contributed by atoms with Gasteiger partial charge in [-0.05, 0) is 55.5 Å². The van der Waals surface area contributed by atoms with E-state index < -0.39 is 6.09 Å². The first-order chi connectivity index (χ1) is 7.69. The molecule has 0 atom stereocenters. The molecule has 1 rings (SSSR count). The summed E-state index contributed by atoms with van der Waals surface area (Å²) in [6.45, 7) is 5.82. The largest absolute Gasteiger partial charge is 0.487 e. The number of nitrogens with one attached hydrogen (secondary N) is 1. The Bertz CT molecular complexity index is 443. The number of rotatable bonds is 2. The van der Waals surface area contributed by atoms with E-state index in [1.807, 2.05) is 26.8 Å². The molecular formula is C11H13BrINO3. The zero-order valence-corrected chi connectivity index (χ0v) is 13.4. The predicted octanol–water partition coefficient (Wildman–Crippen LogP) is 4.32. The number of hydrogen-bond donors (Lipinski definition) is 2. The minimum absolute atomic E-state index is 0.332. The van der Waals surface area contributed by atoms with Crippen LogP contribution in [0.5, 0.6) is 5.75 Å². The second kappa shape index (κ2) is 5.43. The summed E-state index contributed by atoms with van der Waals surface area (Å²) < 4.78 is 7.27. The molecule has 0 aromatic heterocycles. The van der Waals surface area contributed by atoms with Crippen molar-refractivity contribution in [2.75, 3.05) is 5.32 Å². The number of carbonyl (C=O) groups is 1. The quantitative estimate of drug-likeness (QED) is 0.709. The molecule has 0 radical (unpaired) electrons. The maximum atomic E-state index is 10.7. The molecule has 1 aromatic carbocycles. The fraction of sp³-hybridized carbons (Fsp3) is 0.364. The van der Waals surface area contributed by atoms with E-state index in [1.54, 1.807) is 6.07 Å². The predicted molar refractivity (Wildman–Crippen MR) is 78.9 cm³/mol. The van der Waals surface area contributed by atoms with E-state index in [4.69, 9.17) is 9.84 Å². The molecule has 2 N–H and O–H groups in total. The SMILES string of the molecule is CC(C)(C)Oc1cc(Br)cc(NC(=O)O)c1I. The molecule has 0 saturated heterocycles. The summed E-state index contributed by atoms with van der Waals surface area (Å²) in [6.07, 6.45) is -1.09. The van der Waals surface area contributed by atoms with Gasteiger partial charge in [0.05, 0.1) is 9.26 Å². The van der Waals surface area contributed by atoms with Crippen LogP contribution in [0.4, 0.5) is 10.5 Å². The molecule has 0 saturated carbocycles. The third-order valence-corrected chi connectivity index (χ3v) is 3.23. The average molecular weight is 414 g/mol. The van der Waals surface area contributed by atoms with E-state index in [2.05, 4.69) is 43.8 Å². The highest BCUT2D eigenvalue weighted by Crippen LogP contribution is 2.34. The lowest BCUT2D eigenvalue weighted by Gasteiger charge is -2.23. The molecule has 94 valence electrons. The molecule has 0 heterocycles. The lowest BCUT2D eigenvalue weighted by Crippen LogP contribution is -2.23. The molecule has 0 aliphatic rings. The van der Waals surface area contributed by atoms with Gasteiger partial charge in [0.1, 0.15) is 11.4 Å². The lowest BCUT2D eigenvalue weighted by molar-refractivity contribution is 0.129. The molecule has 0 bridgehead atoms. The van der Waals surface area contributed by atoms with Crippen LogP contribution in [0.1, 0.15) is 20.8 Å². The summed E-state index contributed by atoms with van der Waals surface area (Å²) >= 11 is 5.39. The van der Waals surface area contributed by atoms with Gasteiger partial charge >= 0.3 is 6.09 Å². The van der Waals surface area contributed by atoms with Gasteiger partial charge in [0.15, 0.2) is 0 Å². The minimum Gasteiger partial charge on any atom is -0.487 e. The molecule has 0 aliphatic carbocycles. The standard InChI is InChI=1S/C11H13BrINO3/c1-11(2,3)17-8-5-6(12)4-7(9(8)13)14-10(15)16/h4-5,14H,1-3H3,(H,15,16). The highest BCUT2D eigenvalue weighted by Gasteiger charge is 2.17. The summed E-state index contributed by atoms with van der Waals surface area (Å²) in [4.78, 5) is 10.7. The molecule has 6 heteroatoms. The number of carboxylic acid groups (broad SMARTS) is 1. The van der Waals surface area contributed by atoms with Gasteiger partial charge in [-0.15, -0.1) is 0 Å². The molecule has 0 fully saturated rings. The molecule has 1 amide bonds. The first-order valence-corrected chi connectivity index (χ1v) is 6.74. The van der Waals surface area contributed by atoms with Crippen LogP contribution in [0, 0.1) is 3.57 Å². The van der Waals surface area contributed by atoms with Gasteiger partial charge in [-0.25, -0.2) is 4.79 Å². The van der Waals surface area contributed by atoms with Crippen molar-refractivity contribution in [1.82, 2.24) is 0 Å². The molecular weight excluding hydrogens is 401 g/mol. The van der Waals surface area contributed by atoms with Crippen LogP contribution in [-0.2, 0) is 0 Å². The first-order valence-electron chi connectivity index (χ1n) is 4.87. The van der Waals surface area contributed by atoms with Crippen LogP contribution in [0.15, 0.2) is 16.6 Å². The van der Waals surface area contributed by atoms with Crippen LogP contribution < -0.4 is 10.1 Å². The van der Waals surface area contributed by atoms with Crippen molar-refractivity contribution in [2.45, 2.75) is 26.4 Å². The Balaban J connectivity index is 3.14. The van der Waals surface area contributed by atoms with E-state index in [9.17, 15) is 4.79 Å². The monoisotopic (exact) mass is 413 g/mol. The van der Waals surface area contributed by atoms with Crippen molar-refractivity contribution in [3.05, 3.63) is 20.2 Å². The zero-order chi connectivity index (χ0) is 13.2. The fourth-order valence-corrected chi connectivity index (χ4v) is 2.17. The first kappa shape index (κ1) is 14.6. The number of hydrogen-bond acceptors (Lipinski definition) is 2. The van der Waals surface area contributed by atoms with Crippen LogP contribution in [-0.4, -0.2) is 16.8 Å². The van der Waals surface area contributed by atoms with Crippen molar-refractivity contribution in [3.8, 4) is 5.75 Å². The number of ether oxygens (including phenoxy) is 1. The van der Waals surface area contributed by atoms with Crippen molar-refractivity contribution in [2.24, 2.45) is 0 Å². The number of benzene rings is 1. The Labute approximate surface area is 122 Å². The van der Waals surface area contributed by atoms with Crippen LogP contribution in [0.3, 0.4) is 0 Å². The maximum absolute atomic E-state index is 10.7. The third kappa shape index (κ3) is 4.71. The van der Waals surface area contributed by atoms with E-state index in [0.717, 1.165) is 8.04 Å². The molecule has 0 unspecified atom stereocenters. The summed E-state index contributed by atoms with van der Waals surface area (Å²) in [5.74, 6) is 0.649. The van der Waals surface area contributed by atoms with Gasteiger partial charge < -0.3 is 9.84 Å². The Morgan fingerprint density at radius 3 is 2.53 bits per heavy atom. The maximum Gasteiger partial charge on any atom is 0.409 e. The van der Waals surface area contributed by atoms with Crippen molar-refractivity contribution in [1.29, 1.82) is 0 Å². The molecule has 0 aliphatic heterocycles. The summed E-state index contributed by atoms with van der Waals surface area (Å²) in [5, 5.41) is 11.1. The van der Waals surface area contributed by atoms with Crippen LogP contribution >= 0.6 is 38.5 Å². The topological polar surface area (TPSA) is 58.6 Å². The van der Waals surface area contributed by atoms with Gasteiger partial charge in [-0.1, -0.05) is 15.9 Å². The minimum atomic E-state index is -1.09. The Morgan fingerprint density at radius 2 is 2.06 bits per heavy atom. The summed E-state index contributed by atoms with van der Waals surface area (Å²) in [7, 11) is 0. The number of amides is 1. The lowest BCUT2D eigenvalue weighted by atomic mass is 10.2. The van der Waals surface area contributed by atoms with Crippen LogP contribution in [0.2, 0.25) is 0 Å². The van der Waals surface area contributed by atoms with Gasteiger partial charge in [-0.3, -0.25) is 5.32 Å². The molecule has 1 aromatic rings. The van der Waals surface area contributed by atoms with E-state index in [0.29, 0.717) is 11.4 Å². The third-order valence-electron chi connectivity index (χ3n) is 1.66. The highest BCUT2D eigenvalue weighted by atomic mass is 127. The van der Waals surface area contributed by atoms with Crippen LogP contribution in [0.25, 0.3) is 0 Å². The highest BCUT2D eigenvalue weighted by molar-refractivity contribution is 14.1. The molecule has 4 nitrogen and oxygen atoms in total. The number of halogens is 2. The van der Waals surface area contributed by atoms with Gasteiger partial charge in [0.2, 0.25) is 0 Å². The second-order valence-electron chi connectivity index (χ2n) is 4.41. The normalized spacial score (nSPS) is 11.1. The molecule has 0 spiro atoms. The Hall–Kier alpha value is -0.500. The van der Waals surface area contributed by atoms with E-state index in [-0.39, 0.29) is 5.60 Å². The summed E-state index contributed by atoms with van der Waals surface area (Å²) in [6, 6.07) is 3.52.